The molecular weight excluding hydrogens is 200 g/mol. The molecule has 0 spiro atoms. The number of carbonyl (C=O) groups is 1. The molecule has 0 aromatic carbocycles. The first-order chi connectivity index (χ1) is 6.75. The molecule has 14 heavy (non-hydrogen) atoms. The number of rotatable bonds is 5. The maximum Gasteiger partial charge on any atom is 0.264 e. The molecule has 78 valence electrons. The Hall–Kier alpha value is -1.01. The summed E-state index contributed by atoms with van der Waals surface area (Å²) in [4.78, 5) is 12.1. The molecule has 2 N–H and O–H groups in total. The summed E-state index contributed by atoms with van der Waals surface area (Å²) < 4.78 is 3.70. The molecule has 1 amide bonds. The highest BCUT2D eigenvalue weighted by Crippen LogP contribution is 2.07. The van der Waals surface area contributed by atoms with Crippen LogP contribution in [0.2, 0.25) is 0 Å². The van der Waals surface area contributed by atoms with Crippen LogP contribution in [0.5, 0.6) is 0 Å². The summed E-state index contributed by atoms with van der Waals surface area (Å²) >= 11 is 1.13. The molecule has 0 aliphatic carbocycles. The van der Waals surface area contributed by atoms with Gasteiger partial charge in [0.1, 0.15) is 4.88 Å². The minimum atomic E-state index is -0.0876. The molecule has 0 fully saturated rings. The molecule has 0 unspecified atom stereocenters. The van der Waals surface area contributed by atoms with Crippen LogP contribution in [-0.4, -0.2) is 35.1 Å². The average Bonchev–Trinajstić information content (AvgIpc) is 2.59. The Kier molecular flexibility index (Phi) is 4.48. The van der Waals surface area contributed by atoms with Crippen molar-refractivity contribution in [3.05, 3.63) is 10.6 Å². The maximum absolute atomic E-state index is 11.5. The Morgan fingerprint density at radius 2 is 2.29 bits per heavy atom. The summed E-state index contributed by atoms with van der Waals surface area (Å²) in [6, 6.07) is 0. The van der Waals surface area contributed by atoms with Crippen molar-refractivity contribution in [3.8, 4) is 0 Å². The van der Waals surface area contributed by atoms with E-state index in [4.69, 9.17) is 0 Å². The van der Waals surface area contributed by atoms with E-state index >= 15 is 0 Å². The highest BCUT2D eigenvalue weighted by atomic mass is 32.1. The van der Waals surface area contributed by atoms with Gasteiger partial charge in [0.05, 0.1) is 5.69 Å². The van der Waals surface area contributed by atoms with Crippen LogP contribution in [0.1, 0.15) is 22.3 Å². The Morgan fingerprint density at radius 3 is 2.86 bits per heavy atom. The Balaban J connectivity index is 2.32. The van der Waals surface area contributed by atoms with E-state index in [2.05, 4.69) is 20.2 Å². The van der Waals surface area contributed by atoms with Gasteiger partial charge in [0.25, 0.3) is 5.91 Å². The summed E-state index contributed by atoms with van der Waals surface area (Å²) in [5.74, 6) is -0.0876. The van der Waals surface area contributed by atoms with Gasteiger partial charge in [0.15, 0.2) is 0 Å². The topological polar surface area (TPSA) is 66.9 Å². The zero-order chi connectivity index (χ0) is 10.4. The van der Waals surface area contributed by atoms with Crippen molar-refractivity contribution in [2.24, 2.45) is 0 Å². The second-order valence-corrected chi connectivity index (χ2v) is 3.55. The minimum Gasteiger partial charge on any atom is -0.350 e. The zero-order valence-corrected chi connectivity index (χ0v) is 9.15. The molecule has 5 nitrogen and oxygen atoms in total. The van der Waals surface area contributed by atoms with Gasteiger partial charge in [0.2, 0.25) is 0 Å². The molecule has 1 aromatic rings. The van der Waals surface area contributed by atoms with Crippen LogP contribution in [0.25, 0.3) is 0 Å². The number of nitrogens with zero attached hydrogens (tertiary/aromatic N) is 2. The zero-order valence-electron chi connectivity index (χ0n) is 8.33. The number of carbonyl (C=O) groups excluding carboxylic acids is 1. The molecule has 1 aromatic heterocycles. The van der Waals surface area contributed by atoms with E-state index in [1.54, 1.807) is 6.92 Å². The van der Waals surface area contributed by atoms with E-state index in [0.717, 1.165) is 24.6 Å². The van der Waals surface area contributed by atoms with Gasteiger partial charge in [-0.2, -0.15) is 0 Å². The van der Waals surface area contributed by atoms with Crippen molar-refractivity contribution in [2.75, 3.05) is 19.6 Å². The van der Waals surface area contributed by atoms with Crippen LogP contribution in [0.3, 0.4) is 0 Å². The average molecular weight is 214 g/mol. The van der Waals surface area contributed by atoms with E-state index in [1.165, 1.54) is 0 Å². The van der Waals surface area contributed by atoms with Crippen molar-refractivity contribution in [1.29, 1.82) is 0 Å². The van der Waals surface area contributed by atoms with Crippen LogP contribution < -0.4 is 10.6 Å². The molecule has 0 aliphatic rings. The first-order valence-electron chi connectivity index (χ1n) is 4.53. The lowest BCUT2D eigenvalue weighted by Crippen LogP contribution is -2.31. The lowest BCUT2D eigenvalue weighted by Gasteiger charge is -2.03. The molecule has 0 atom stereocenters. The standard InChI is InChI=1S/C8H14N4OS/c1-3-9-4-5-10-8(13)7-6(2)11-12-14-7/h9H,3-5H2,1-2H3,(H,10,13). The summed E-state index contributed by atoms with van der Waals surface area (Å²) in [6.45, 7) is 6.14. The molecule has 1 rings (SSSR count). The maximum atomic E-state index is 11.5. The summed E-state index contributed by atoms with van der Waals surface area (Å²) in [5, 5.41) is 9.68. The van der Waals surface area contributed by atoms with Gasteiger partial charge in [-0.05, 0) is 25.0 Å². The lowest BCUT2D eigenvalue weighted by atomic mass is 10.4. The van der Waals surface area contributed by atoms with Crippen molar-refractivity contribution < 1.29 is 4.79 Å². The van der Waals surface area contributed by atoms with Gasteiger partial charge in [0, 0.05) is 13.1 Å². The molecule has 0 aliphatic heterocycles. The molecule has 0 saturated heterocycles. The number of amides is 1. The van der Waals surface area contributed by atoms with Crippen molar-refractivity contribution in [2.45, 2.75) is 13.8 Å². The summed E-state index contributed by atoms with van der Waals surface area (Å²) in [5.41, 5.74) is 0.691. The van der Waals surface area contributed by atoms with E-state index < -0.39 is 0 Å². The number of aryl methyl sites for hydroxylation is 1. The predicted octanol–water partition coefficient (Wildman–Crippen LogP) is 0.186. The Labute approximate surface area is 87.1 Å². The molecule has 0 bridgehead atoms. The van der Waals surface area contributed by atoms with Crippen molar-refractivity contribution in [3.63, 3.8) is 0 Å². The van der Waals surface area contributed by atoms with Gasteiger partial charge in [-0.3, -0.25) is 4.79 Å². The van der Waals surface area contributed by atoms with Gasteiger partial charge >= 0.3 is 0 Å². The van der Waals surface area contributed by atoms with Crippen LogP contribution in [0, 0.1) is 6.92 Å². The first kappa shape index (κ1) is 11.1. The number of hydrogen-bond donors (Lipinski definition) is 2. The number of aromatic nitrogens is 2. The number of hydrogen-bond acceptors (Lipinski definition) is 5. The van der Waals surface area contributed by atoms with E-state index in [-0.39, 0.29) is 5.91 Å². The van der Waals surface area contributed by atoms with Gasteiger partial charge in [-0.25, -0.2) is 0 Å². The quantitative estimate of drug-likeness (QED) is 0.686. The first-order valence-corrected chi connectivity index (χ1v) is 5.31. The van der Waals surface area contributed by atoms with Crippen molar-refractivity contribution in [1.82, 2.24) is 20.2 Å². The SMILES string of the molecule is CCNCCNC(=O)c1snnc1C. The Morgan fingerprint density at radius 1 is 1.50 bits per heavy atom. The third kappa shape index (κ3) is 3.04. The summed E-state index contributed by atoms with van der Waals surface area (Å²) in [7, 11) is 0. The molecule has 0 radical (unpaired) electrons. The monoisotopic (exact) mass is 214 g/mol. The fraction of sp³-hybridized carbons (Fsp3) is 0.625. The van der Waals surface area contributed by atoms with Crippen LogP contribution in [-0.2, 0) is 0 Å². The third-order valence-corrected chi connectivity index (χ3v) is 2.52. The highest BCUT2D eigenvalue weighted by Gasteiger charge is 2.11. The third-order valence-electron chi connectivity index (χ3n) is 1.70. The van der Waals surface area contributed by atoms with E-state index in [1.807, 2.05) is 6.92 Å². The normalized spacial score (nSPS) is 10.1. The Bertz CT molecular complexity index is 299. The molecule has 1 heterocycles. The minimum absolute atomic E-state index is 0.0876. The van der Waals surface area contributed by atoms with Crippen LogP contribution >= 0.6 is 11.5 Å². The predicted molar refractivity (Wildman–Crippen MR) is 55.5 cm³/mol. The molecule has 6 heteroatoms. The van der Waals surface area contributed by atoms with Gasteiger partial charge in [-0.1, -0.05) is 11.4 Å². The highest BCUT2D eigenvalue weighted by molar-refractivity contribution is 7.07. The fourth-order valence-corrected chi connectivity index (χ4v) is 1.53. The largest absolute Gasteiger partial charge is 0.350 e. The second-order valence-electron chi connectivity index (χ2n) is 2.80. The van der Waals surface area contributed by atoms with Crippen LogP contribution in [0.4, 0.5) is 0 Å². The lowest BCUT2D eigenvalue weighted by molar-refractivity contribution is 0.0957. The number of nitrogens with one attached hydrogen (secondary N) is 2. The second kappa shape index (κ2) is 5.66. The molecular formula is C8H14N4OS. The van der Waals surface area contributed by atoms with Crippen molar-refractivity contribution >= 4 is 17.4 Å². The van der Waals surface area contributed by atoms with Gasteiger partial charge in [-0.15, -0.1) is 5.10 Å². The van der Waals surface area contributed by atoms with Crippen LogP contribution in [0.15, 0.2) is 0 Å². The summed E-state index contributed by atoms with van der Waals surface area (Å²) in [6.07, 6.45) is 0. The molecule has 0 saturated carbocycles. The smallest absolute Gasteiger partial charge is 0.264 e. The number of likely N-dealkylation sites (N-methyl/N-ethyl adjacent to an activating group) is 1. The van der Waals surface area contributed by atoms with Gasteiger partial charge < -0.3 is 10.6 Å². The van der Waals surface area contributed by atoms with E-state index in [9.17, 15) is 4.79 Å². The fourth-order valence-electron chi connectivity index (χ4n) is 0.961. The van der Waals surface area contributed by atoms with E-state index in [0.29, 0.717) is 17.1 Å².